The van der Waals surface area contributed by atoms with Gasteiger partial charge in [0.05, 0.1) is 18.3 Å². The van der Waals surface area contributed by atoms with Gasteiger partial charge in [-0.1, -0.05) is 0 Å². The monoisotopic (exact) mass is 278 g/mol. The minimum Gasteiger partial charge on any atom is -0.462 e. The Kier molecular flexibility index (Phi) is 5.35. The molecular formula is C15H22N2O3. The summed E-state index contributed by atoms with van der Waals surface area (Å²) in [7, 11) is 0. The number of carbonyl (C=O) groups is 1. The van der Waals surface area contributed by atoms with Crippen LogP contribution in [0, 0.1) is 0 Å². The van der Waals surface area contributed by atoms with Crippen molar-refractivity contribution in [2.45, 2.75) is 32.8 Å². The maximum Gasteiger partial charge on any atom is 0.339 e. The third-order valence-corrected chi connectivity index (χ3v) is 3.43. The summed E-state index contributed by atoms with van der Waals surface area (Å²) in [5.41, 5.74) is 0.500. The summed E-state index contributed by atoms with van der Waals surface area (Å²) in [5.74, 6) is 0.592. The molecule has 2 heterocycles. The zero-order valence-corrected chi connectivity index (χ0v) is 12.2. The van der Waals surface area contributed by atoms with Crippen LogP contribution in [0.5, 0.6) is 0 Å². The Hall–Kier alpha value is -1.62. The number of carbonyl (C=O) groups excluding carboxylic acids is 1. The van der Waals surface area contributed by atoms with Gasteiger partial charge in [-0.15, -0.1) is 0 Å². The van der Waals surface area contributed by atoms with Crippen molar-refractivity contribution in [3.63, 3.8) is 0 Å². The van der Waals surface area contributed by atoms with Crippen molar-refractivity contribution >= 4 is 11.8 Å². The van der Waals surface area contributed by atoms with Gasteiger partial charge in [0.15, 0.2) is 0 Å². The molecule has 0 atom stereocenters. The van der Waals surface area contributed by atoms with Crippen molar-refractivity contribution in [2.24, 2.45) is 0 Å². The number of aromatic nitrogens is 1. The smallest absolute Gasteiger partial charge is 0.339 e. The average molecular weight is 278 g/mol. The zero-order valence-electron chi connectivity index (χ0n) is 12.2. The first-order chi connectivity index (χ1) is 9.74. The SMILES string of the molecule is CCOC(=O)c1ccc(N2CCC(OCC)CC2)nc1. The minimum absolute atomic E-state index is 0.318. The van der Waals surface area contributed by atoms with E-state index in [1.807, 2.05) is 13.0 Å². The zero-order chi connectivity index (χ0) is 14.4. The molecule has 0 unspecified atom stereocenters. The Morgan fingerprint density at radius 1 is 1.30 bits per heavy atom. The fraction of sp³-hybridized carbons (Fsp3) is 0.600. The van der Waals surface area contributed by atoms with E-state index in [-0.39, 0.29) is 5.97 Å². The summed E-state index contributed by atoms with van der Waals surface area (Å²) in [6.07, 6.45) is 4.00. The number of piperidine rings is 1. The van der Waals surface area contributed by atoms with E-state index in [9.17, 15) is 4.79 Å². The van der Waals surface area contributed by atoms with Gasteiger partial charge < -0.3 is 14.4 Å². The standard InChI is InChI=1S/C15H22N2O3/c1-3-19-13-7-9-17(10-8-13)14-6-5-12(11-16-14)15(18)20-4-2/h5-6,11,13H,3-4,7-10H2,1-2H3. The van der Waals surface area contributed by atoms with Crippen LogP contribution in [0.3, 0.4) is 0 Å². The Labute approximate surface area is 119 Å². The molecule has 0 bridgehead atoms. The van der Waals surface area contributed by atoms with E-state index in [4.69, 9.17) is 9.47 Å². The molecule has 2 rings (SSSR count). The third-order valence-electron chi connectivity index (χ3n) is 3.43. The lowest BCUT2D eigenvalue weighted by atomic mass is 10.1. The van der Waals surface area contributed by atoms with E-state index in [1.165, 1.54) is 0 Å². The van der Waals surface area contributed by atoms with Crippen molar-refractivity contribution < 1.29 is 14.3 Å². The maximum absolute atomic E-state index is 11.6. The number of anilines is 1. The molecule has 0 radical (unpaired) electrons. The summed E-state index contributed by atoms with van der Waals surface area (Å²) in [5, 5.41) is 0. The lowest BCUT2D eigenvalue weighted by molar-refractivity contribution is 0.0458. The molecule has 110 valence electrons. The second kappa shape index (κ2) is 7.24. The van der Waals surface area contributed by atoms with Gasteiger partial charge in [0, 0.05) is 25.9 Å². The van der Waals surface area contributed by atoms with Crippen LogP contribution in [0.2, 0.25) is 0 Å². The quantitative estimate of drug-likeness (QED) is 0.773. The van der Waals surface area contributed by atoms with Gasteiger partial charge in [-0.25, -0.2) is 9.78 Å². The predicted octanol–water partition coefficient (Wildman–Crippen LogP) is 2.26. The van der Waals surface area contributed by atoms with E-state index >= 15 is 0 Å². The van der Waals surface area contributed by atoms with Gasteiger partial charge in [0.25, 0.3) is 0 Å². The second-order valence-corrected chi connectivity index (χ2v) is 4.77. The van der Waals surface area contributed by atoms with Gasteiger partial charge in [0.2, 0.25) is 0 Å². The molecule has 1 aliphatic rings. The molecule has 1 aromatic heterocycles. The molecule has 0 amide bonds. The summed E-state index contributed by atoms with van der Waals surface area (Å²) < 4.78 is 10.6. The van der Waals surface area contributed by atoms with Gasteiger partial charge in [-0.3, -0.25) is 0 Å². The molecule has 0 N–H and O–H groups in total. The van der Waals surface area contributed by atoms with Crippen LogP contribution in [0.4, 0.5) is 5.82 Å². The van der Waals surface area contributed by atoms with Crippen molar-refractivity contribution in [1.29, 1.82) is 0 Å². The van der Waals surface area contributed by atoms with Gasteiger partial charge in [0.1, 0.15) is 5.82 Å². The maximum atomic E-state index is 11.6. The second-order valence-electron chi connectivity index (χ2n) is 4.77. The number of rotatable bonds is 5. The van der Waals surface area contributed by atoms with Crippen LogP contribution in [-0.2, 0) is 9.47 Å². The Bertz CT molecular complexity index is 425. The molecule has 0 saturated carbocycles. The first kappa shape index (κ1) is 14.8. The molecule has 1 aromatic rings. The van der Waals surface area contributed by atoms with E-state index in [0.717, 1.165) is 38.4 Å². The molecule has 20 heavy (non-hydrogen) atoms. The molecule has 5 heteroatoms. The largest absolute Gasteiger partial charge is 0.462 e. The molecule has 1 fully saturated rings. The number of nitrogens with zero attached hydrogens (tertiary/aromatic N) is 2. The third kappa shape index (κ3) is 3.70. The first-order valence-corrected chi connectivity index (χ1v) is 7.24. The molecule has 0 spiro atoms. The molecule has 5 nitrogen and oxygen atoms in total. The highest BCUT2D eigenvalue weighted by Gasteiger charge is 2.20. The van der Waals surface area contributed by atoms with Crippen LogP contribution in [0.15, 0.2) is 18.3 Å². The minimum atomic E-state index is -0.318. The number of esters is 1. The topological polar surface area (TPSA) is 51.7 Å². The van der Waals surface area contributed by atoms with Crippen LogP contribution in [0.25, 0.3) is 0 Å². The van der Waals surface area contributed by atoms with E-state index < -0.39 is 0 Å². The van der Waals surface area contributed by atoms with Crippen molar-refractivity contribution in [1.82, 2.24) is 4.98 Å². The van der Waals surface area contributed by atoms with Crippen LogP contribution in [0.1, 0.15) is 37.0 Å². The Morgan fingerprint density at radius 3 is 2.60 bits per heavy atom. The lowest BCUT2D eigenvalue weighted by Crippen LogP contribution is -2.37. The van der Waals surface area contributed by atoms with Crippen LogP contribution < -0.4 is 4.90 Å². The van der Waals surface area contributed by atoms with E-state index in [2.05, 4.69) is 9.88 Å². The highest BCUT2D eigenvalue weighted by atomic mass is 16.5. The Morgan fingerprint density at radius 2 is 2.05 bits per heavy atom. The van der Waals surface area contributed by atoms with E-state index in [1.54, 1.807) is 19.2 Å². The number of hydrogen-bond donors (Lipinski definition) is 0. The average Bonchev–Trinajstić information content (AvgIpc) is 2.49. The number of pyridine rings is 1. The fourth-order valence-electron chi connectivity index (χ4n) is 2.40. The molecule has 1 saturated heterocycles. The van der Waals surface area contributed by atoms with Gasteiger partial charge >= 0.3 is 5.97 Å². The number of hydrogen-bond acceptors (Lipinski definition) is 5. The summed E-state index contributed by atoms with van der Waals surface area (Å²) in [6.45, 7) is 6.86. The highest BCUT2D eigenvalue weighted by molar-refractivity contribution is 5.89. The van der Waals surface area contributed by atoms with E-state index in [0.29, 0.717) is 18.3 Å². The van der Waals surface area contributed by atoms with Gasteiger partial charge in [-0.2, -0.15) is 0 Å². The van der Waals surface area contributed by atoms with Crippen molar-refractivity contribution in [3.05, 3.63) is 23.9 Å². The summed E-state index contributed by atoms with van der Waals surface area (Å²) in [4.78, 5) is 18.1. The molecule has 1 aliphatic heterocycles. The molecule has 0 aromatic carbocycles. The Balaban J connectivity index is 1.92. The molecular weight excluding hydrogens is 256 g/mol. The normalized spacial score (nSPS) is 16.2. The first-order valence-electron chi connectivity index (χ1n) is 7.24. The van der Waals surface area contributed by atoms with Crippen LogP contribution >= 0.6 is 0 Å². The highest BCUT2D eigenvalue weighted by Crippen LogP contribution is 2.19. The van der Waals surface area contributed by atoms with Crippen molar-refractivity contribution in [3.8, 4) is 0 Å². The summed E-state index contributed by atoms with van der Waals surface area (Å²) >= 11 is 0. The number of ether oxygens (including phenoxy) is 2. The summed E-state index contributed by atoms with van der Waals surface area (Å²) in [6, 6.07) is 3.65. The molecule has 0 aliphatic carbocycles. The predicted molar refractivity (Wildman–Crippen MR) is 77.1 cm³/mol. The van der Waals surface area contributed by atoms with Crippen molar-refractivity contribution in [2.75, 3.05) is 31.2 Å². The lowest BCUT2D eigenvalue weighted by Gasteiger charge is -2.32. The van der Waals surface area contributed by atoms with Crippen LogP contribution in [-0.4, -0.2) is 43.4 Å². The van der Waals surface area contributed by atoms with Gasteiger partial charge in [-0.05, 0) is 38.8 Å². The fourth-order valence-corrected chi connectivity index (χ4v) is 2.40.